The number of methoxy groups -OCH3 is 2. The summed E-state index contributed by atoms with van der Waals surface area (Å²) in [7, 11) is 2.88. The first kappa shape index (κ1) is 19.1. The van der Waals surface area contributed by atoms with Gasteiger partial charge in [0.1, 0.15) is 0 Å². The summed E-state index contributed by atoms with van der Waals surface area (Å²) in [5.41, 5.74) is 4.72. The lowest BCUT2D eigenvalue weighted by atomic mass is 10.2. The van der Waals surface area contributed by atoms with Crippen LogP contribution in [0.3, 0.4) is 0 Å². The Morgan fingerprint density at radius 1 is 1.31 bits per heavy atom. The van der Waals surface area contributed by atoms with E-state index >= 15 is 0 Å². The number of amides is 3. The summed E-state index contributed by atoms with van der Waals surface area (Å²) >= 11 is 0.872. The van der Waals surface area contributed by atoms with Crippen molar-refractivity contribution in [1.82, 2.24) is 5.32 Å². The van der Waals surface area contributed by atoms with Crippen LogP contribution in [0.5, 0.6) is 11.5 Å². The zero-order chi connectivity index (χ0) is 19.3. The molecule has 1 aromatic rings. The number of nitrogens with zero attached hydrogens (tertiary/aromatic N) is 2. The molecule has 0 atom stereocenters. The van der Waals surface area contributed by atoms with Crippen molar-refractivity contribution in [1.29, 1.82) is 5.41 Å². The SMILES string of the molecule is COc1ccc(C(=O)N=C2C(=N)N=C(SCC(N)=O)NC2=O)cc1OC. The maximum Gasteiger partial charge on any atom is 0.279 e. The Hall–Kier alpha value is -3.21. The fourth-order valence-electron chi connectivity index (χ4n) is 1.89. The highest BCUT2D eigenvalue weighted by molar-refractivity contribution is 8.14. The summed E-state index contributed by atoms with van der Waals surface area (Å²) < 4.78 is 10.2. The predicted molar refractivity (Wildman–Crippen MR) is 96.3 cm³/mol. The normalized spacial score (nSPS) is 15.3. The van der Waals surface area contributed by atoms with Gasteiger partial charge in [-0.2, -0.15) is 4.99 Å². The molecule has 0 aliphatic carbocycles. The molecule has 26 heavy (non-hydrogen) atoms. The van der Waals surface area contributed by atoms with Gasteiger partial charge in [0.05, 0.1) is 20.0 Å². The van der Waals surface area contributed by atoms with Crippen molar-refractivity contribution in [3.63, 3.8) is 0 Å². The van der Waals surface area contributed by atoms with Crippen molar-refractivity contribution in [2.45, 2.75) is 0 Å². The topological polar surface area (TPSA) is 156 Å². The molecule has 1 aliphatic rings. The van der Waals surface area contributed by atoms with E-state index in [0.29, 0.717) is 11.5 Å². The Balaban J connectivity index is 2.23. The molecule has 136 valence electrons. The van der Waals surface area contributed by atoms with E-state index in [4.69, 9.17) is 20.6 Å². The molecule has 0 aromatic heterocycles. The van der Waals surface area contributed by atoms with Crippen LogP contribution >= 0.6 is 11.8 Å². The molecule has 2 rings (SSSR count). The molecule has 0 unspecified atom stereocenters. The molecule has 1 aromatic carbocycles. The maximum atomic E-state index is 12.3. The Morgan fingerprint density at radius 2 is 2.00 bits per heavy atom. The van der Waals surface area contributed by atoms with Crippen molar-refractivity contribution in [2.75, 3.05) is 20.0 Å². The molecule has 0 spiro atoms. The van der Waals surface area contributed by atoms with Crippen LogP contribution in [0, 0.1) is 5.41 Å². The highest BCUT2D eigenvalue weighted by Gasteiger charge is 2.26. The van der Waals surface area contributed by atoms with Gasteiger partial charge in [-0.05, 0) is 18.2 Å². The number of hydrogen-bond donors (Lipinski definition) is 3. The maximum absolute atomic E-state index is 12.3. The largest absolute Gasteiger partial charge is 0.493 e. The Bertz CT molecular complexity index is 849. The van der Waals surface area contributed by atoms with Crippen LogP contribution in [0.25, 0.3) is 0 Å². The van der Waals surface area contributed by atoms with Gasteiger partial charge in [-0.15, -0.1) is 0 Å². The zero-order valence-electron chi connectivity index (χ0n) is 13.9. The number of thioether (sulfide) groups is 1. The molecular weight excluding hydrogens is 362 g/mol. The van der Waals surface area contributed by atoms with Gasteiger partial charge in [0.25, 0.3) is 11.8 Å². The molecule has 0 bridgehead atoms. The van der Waals surface area contributed by atoms with Crippen molar-refractivity contribution < 1.29 is 23.9 Å². The fraction of sp³-hybridized carbons (Fsp3) is 0.200. The number of ether oxygens (including phenoxy) is 2. The summed E-state index contributed by atoms with van der Waals surface area (Å²) in [6.07, 6.45) is 0. The van der Waals surface area contributed by atoms with Crippen molar-refractivity contribution in [3.8, 4) is 11.5 Å². The summed E-state index contributed by atoms with van der Waals surface area (Å²) in [6, 6.07) is 4.39. The van der Waals surface area contributed by atoms with E-state index in [2.05, 4.69) is 15.3 Å². The van der Waals surface area contributed by atoms with E-state index < -0.39 is 29.3 Å². The van der Waals surface area contributed by atoms with E-state index in [0.717, 1.165) is 11.8 Å². The summed E-state index contributed by atoms with van der Waals surface area (Å²) in [6.45, 7) is 0. The highest BCUT2D eigenvalue weighted by atomic mass is 32.2. The molecule has 10 nitrogen and oxygen atoms in total. The minimum atomic E-state index is -0.772. The number of aliphatic imine (C=N–C) groups is 2. The van der Waals surface area contributed by atoms with E-state index in [1.807, 2.05) is 0 Å². The molecule has 1 heterocycles. The average Bonchev–Trinajstić information content (AvgIpc) is 2.62. The van der Waals surface area contributed by atoms with Crippen LogP contribution in [0.2, 0.25) is 0 Å². The van der Waals surface area contributed by atoms with Gasteiger partial charge in [-0.1, -0.05) is 11.8 Å². The first-order valence-corrected chi connectivity index (χ1v) is 8.09. The summed E-state index contributed by atoms with van der Waals surface area (Å²) in [5.74, 6) is -1.96. The standard InChI is InChI=1S/C15H15N5O5S/c1-24-8-4-3-7(5-9(8)25-2)13(22)18-11-12(17)19-15(20-14(11)23)26-6-10(16)21/h3-5H,6H2,1-2H3,(H2,16,21)(H2,17,19,20,23). The van der Waals surface area contributed by atoms with E-state index in [9.17, 15) is 14.4 Å². The second-order valence-electron chi connectivity index (χ2n) is 4.81. The molecule has 4 N–H and O–H groups in total. The second-order valence-corrected chi connectivity index (χ2v) is 5.77. The summed E-state index contributed by atoms with van der Waals surface area (Å²) in [4.78, 5) is 42.6. The van der Waals surface area contributed by atoms with Gasteiger partial charge in [0, 0.05) is 5.56 Å². The number of benzene rings is 1. The molecule has 0 radical (unpaired) electrons. The van der Waals surface area contributed by atoms with Crippen LogP contribution in [-0.4, -0.2) is 54.4 Å². The van der Waals surface area contributed by atoms with Crippen molar-refractivity contribution >= 4 is 46.2 Å². The third-order valence-electron chi connectivity index (χ3n) is 3.07. The van der Waals surface area contributed by atoms with Gasteiger partial charge < -0.3 is 15.2 Å². The number of primary amides is 1. The van der Waals surface area contributed by atoms with Gasteiger partial charge in [-0.25, -0.2) is 4.99 Å². The number of nitrogens with one attached hydrogen (secondary N) is 2. The molecule has 11 heteroatoms. The highest BCUT2D eigenvalue weighted by Crippen LogP contribution is 2.27. The quantitative estimate of drug-likeness (QED) is 0.654. The molecular formula is C15H15N5O5S. The number of rotatable bonds is 5. The van der Waals surface area contributed by atoms with Crippen LogP contribution < -0.4 is 20.5 Å². The third kappa shape index (κ3) is 4.45. The number of nitrogens with two attached hydrogens (primary N) is 1. The van der Waals surface area contributed by atoms with Crippen molar-refractivity contribution in [2.24, 2.45) is 15.7 Å². The first-order chi connectivity index (χ1) is 12.3. The van der Waals surface area contributed by atoms with Crippen LogP contribution in [0.15, 0.2) is 28.2 Å². The number of carbonyl (C=O) groups is 3. The van der Waals surface area contributed by atoms with Gasteiger partial charge in [0.2, 0.25) is 5.91 Å². The van der Waals surface area contributed by atoms with Crippen LogP contribution in [0.4, 0.5) is 0 Å². The molecule has 1 aliphatic heterocycles. The zero-order valence-corrected chi connectivity index (χ0v) is 14.7. The predicted octanol–water partition coefficient (Wildman–Crippen LogP) is -0.0334. The Kier molecular flexibility index (Phi) is 6.07. The summed E-state index contributed by atoms with van der Waals surface area (Å²) in [5, 5.41) is 10.2. The van der Waals surface area contributed by atoms with Gasteiger partial charge in [0.15, 0.2) is 28.2 Å². The third-order valence-corrected chi connectivity index (χ3v) is 3.96. The number of carbonyl (C=O) groups excluding carboxylic acids is 3. The van der Waals surface area contributed by atoms with Crippen molar-refractivity contribution in [3.05, 3.63) is 23.8 Å². The second kappa shape index (κ2) is 8.25. The minimum Gasteiger partial charge on any atom is -0.493 e. The van der Waals surface area contributed by atoms with Gasteiger partial charge in [-0.3, -0.25) is 25.1 Å². The fourth-order valence-corrected chi connectivity index (χ4v) is 2.49. The van der Waals surface area contributed by atoms with E-state index in [-0.39, 0.29) is 16.5 Å². The first-order valence-electron chi connectivity index (χ1n) is 7.10. The lowest BCUT2D eigenvalue weighted by Crippen LogP contribution is -2.43. The Labute approximate surface area is 152 Å². The number of amidine groups is 2. The molecule has 0 saturated carbocycles. The lowest BCUT2D eigenvalue weighted by molar-refractivity contribution is -0.115. The monoisotopic (exact) mass is 377 g/mol. The van der Waals surface area contributed by atoms with E-state index in [1.54, 1.807) is 0 Å². The molecule has 0 fully saturated rings. The van der Waals surface area contributed by atoms with Crippen LogP contribution in [-0.2, 0) is 9.59 Å². The van der Waals surface area contributed by atoms with E-state index in [1.165, 1.54) is 32.4 Å². The molecule has 3 amide bonds. The smallest absolute Gasteiger partial charge is 0.279 e. The minimum absolute atomic E-state index is 0.0383. The molecule has 0 saturated heterocycles. The Morgan fingerprint density at radius 3 is 2.58 bits per heavy atom. The average molecular weight is 377 g/mol. The lowest BCUT2D eigenvalue weighted by Gasteiger charge is -2.14. The number of hydrogen-bond acceptors (Lipinski definition) is 7. The van der Waals surface area contributed by atoms with Crippen LogP contribution in [0.1, 0.15) is 10.4 Å². The van der Waals surface area contributed by atoms with Gasteiger partial charge >= 0.3 is 0 Å².